The lowest BCUT2D eigenvalue weighted by Crippen LogP contribution is -2.43. The first-order valence-corrected chi connectivity index (χ1v) is 10.0. The lowest BCUT2D eigenvalue weighted by atomic mass is 10.1. The smallest absolute Gasteiger partial charge is 0.311 e. The van der Waals surface area contributed by atoms with Crippen LogP contribution in [-0.2, 0) is 19.1 Å². The number of hydrazine groups is 1. The van der Waals surface area contributed by atoms with E-state index >= 15 is 0 Å². The Kier molecular flexibility index (Phi) is 6.91. The van der Waals surface area contributed by atoms with E-state index in [2.05, 4.69) is 10.7 Å². The van der Waals surface area contributed by atoms with Crippen molar-refractivity contribution in [1.82, 2.24) is 10.4 Å². The average molecular weight is 444 g/mol. The van der Waals surface area contributed by atoms with Crippen LogP contribution in [0.25, 0.3) is 0 Å². The first-order valence-electron chi connectivity index (χ1n) is 9.64. The molecule has 8 nitrogen and oxygen atoms in total. The predicted octanol–water partition coefficient (Wildman–Crippen LogP) is 2.63. The van der Waals surface area contributed by atoms with E-state index in [0.29, 0.717) is 16.3 Å². The summed E-state index contributed by atoms with van der Waals surface area (Å²) in [5, 5.41) is 4.27. The molecule has 3 rings (SSSR count). The topological polar surface area (TPSA) is 105 Å². The monoisotopic (exact) mass is 443 g/mol. The van der Waals surface area contributed by atoms with Gasteiger partial charge in [-0.2, -0.15) is 0 Å². The fraction of sp³-hybridized carbons (Fsp3) is 0.273. The summed E-state index contributed by atoms with van der Waals surface area (Å²) >= 11 is 5.80. The molecule has 0 radical (unpaired) electrons. The predicted molar refractivity (Wildman–Crippen MR) is 114 cm³/mol. The quantitative estimate of drug-likeness (QED) is 0.668. The Morgan fingerprint density at radius 3 is 2.55 bits per heavy atom. The van der Waals surface area contributed by atoms with Crippen LogP contribution in [0.4, 0.5) is 5.69 Å². The van der Waals surface area contributed by atoms with E-state index in [1.54, 1.807) is 18.2 Å². The molecule has 2 aromatic rings. The minimum atomic E-state index is -0.772. The van der Waals surface area contributed by atoms with Crippen molar-refractivity contribution in [1.29, 1.82) is 0 Å². The minimum absolute atomic E-state index is 0.0321. The zero-order valence-corrected chi connectivity index (χ0v) is 17.9. The van der Waals surface area contributed by atoms with Crippen LogP contribution in [0.1, 0.15) is 27.9 Å². The van der Waals surface area contributed by atoms with E-state index in [9.17, 15) is 19.2 Å². The maximum Gasteiger partial charge on any atom is 0.311 e. The van der Waals surface area contributed by atoms with Crippen molar-refractivity contribution in [3.05, 3.63) is 64.2 Å². The molecule has 1 unspecified atom stereocenters. The Bertz CT molecular complexity index is 1020. The van der Waals surface area contributed by atoms with E-state index in [0.717, 1.165) is 16.1 Å². The molecule has 0 bridgehead atoms. The Morgan fingerprint density at radius 2 is 1.84 bits per heavy atom. The molecule has 1 atom stereocenters. The van der Waals surface area contributed by atoms with Gasteiger partial charge in [-0.1, -0.05) is 23.7 Å². The Balaban J connectivity index is 1.49. The van der Waals surface area contributed by atoms with Gasteiger partial charge in [-0.15, -0.1) is 0 Å². The van der Waals surface area contributed by atoms with Crippen molar-refractivity contribution in [2.75, 3.05) is 18.5 Å². The molecular formula is C22H22ClN3O5. The van der Waals surface area contributed by atoms with Crippen molar-refractivity contribution < 1.29 is 23.9 Å². The molecule has 162 valence electrons. The molecule has 9 heteroatoms. The summed E-state index contributed by atoms with van der Waals surface area (Å²) in [5.41, 5.74) is 5.40. The molecule has 31 heavy (non-hydrogen) atoms. The SMILES string of the molecule is Cc1cccc(NC(=O)COC(=O)C2CC(=O)N(NC(=O)c3ccc(Cl)cc3)C2)c1C. The fourth-order valence-electron chi connectivity index (χ4n) is 3.09. The lowest BCUT2D eigenvalue weighted by Gasteiger charge is -2.17. The number of hydrogen-bond donors (Lipinski definition) is 2. The molecule has 0 aliphatic carbocycles. The highest BCUT2D eigenvalue weighted by molar-refractivity contribution is 6.30. The zero-order chi connectivity index (χ0) is 22.5. The highest BCUT2D eigenvalue weighted by Crippen LogP contribution is 2.20. The van der Waals surface area contributed by atoms with Crippen molar-refractivity contribution >= 4 is 41.0 Å². The van der Waals surface area contributed by atoms with Crippen LogP contribution >= 0.6 is 11.6 Å². The van der Waals surface area contributed by atoms with E-state index in [-0.39, 0.29) is 13.0 Å². The van der Waals surface area contributed by atoms with Gasteiger partial charge >= 0.3 is 5.97 Å². The van der Waals surface area contributed by atoms with Gasteiger partial charge in [-0.3, -0.25) is 29.6 Å². The molecule has 1 aliphatic rings. The number of carbonyl (C=O) groups excluding carboxylic acids is 4. The number of benzene rings is 2. The van der Waals surface area contributed by atoms with Crippen LogP contribution in [0.15, 0.2) is 42.5 Å². The van der Waals surface area contributed by atoms with Gasteiger partial charge in [0.05, 0.1) is 12.5 Å². The van der Waals surface area contributed by atoms with Gasteiger partial charge in [0.25, 0.3) is 11.8 Å². The molecule has 3 amide bonds. The standard InChI is InChI=1S/C22H22ClN3O5/c1-13-4-3-5-18(14(13)2)24-19(27)12-31-22(30)16-10-20(28)26(11-16)25-21(29)15-6-8-17(23)9-7-15/h3-9,16H,10-12H2,1-2H3,(H,24,27)(H,25,29). The van der Waals surface area contributed by atoms with Gasteiger partial charge in [0, 0.05) is 22.7 Å². The van der Waals surface area contributed by atoms with Crippen molar-refractivity contribution in [2.24, 2.45) is 5.92 Å². The van der Waals surface area contributed by atoms with Crippen LogP contribution in [-0.4, -0.2) is 41.9 Å². The molecule has 1 saturated heterocycles. The van der Waals surface area contributed by atoms with Gasteiger partial charge < -0.3 is 10.1 Å². The third-order valence-corrected chi connectivity index (χ3v) is 5.28. The maximum absolute atomic E-state index is 12.3. The van der Waals surface area contributed by atoms with Crippen LogP contribution in [0, 0.1) is 19.8 Å². The van der Waals surface area contributed by atoms with Crippen molar-refractivity contribution in [3.8, 4) is 0 Å². The highest BCUT2D eigenvalue weighted by Gasteiger charge is 2.36. The Morgan fingerprint density at radius 1 is 1.13 bits per heavy atom. The van der Waals surface area contributed by atoms with Gasteiger partial charge in [-0.25, -0.2) is 0 Å². The number of esters is 1. The summed E-state index contributed by atoms with van der Waals surface area (Å²) in [4.78, 5) is 48.8. The van der Waals surface area contributed by atoms with Gasteiger partial charge in [0.15, 0.2) is 6.61 Å². The highest BCUT2D eigenvalue weighted by atomic mass is 35.5. The van der Waals surface area contributed by atoms with Crippen LogP contribution < -0.4 is 10.7 Å². The van der Waals surface area contributed by atoms with E-state index in [1.165, 1.54) is 12.1 Å². The summed E-state index contributed by atoms with van der Waals surface area (Å²) < 4.78 is 5.07. The summed E-state index contributed by atoms with van der Waals surface area (Å²) in [6.45, 7) is 3.32. The molecule has 2 N–H and O–H groups in total. The molecular weight excluding hydrogens is 422 g/mol. The first-order chi connectivity index (χ1) is 14.7. The first kappa shape index (κ1) is 22.3. The second kappa shape index (κ2) is 9.61. The number of carbonyl (C=O) groups is 4. The second-order valence-electron chi connectivity index (χ2n) is 7.26. The summed E-state index contributed by atoms with van der Waals surface area (Å²) in [6, 6.07) is 11.7. The molecule has 1 fully saturated rings. The fourth-order valence-corrected chi connectivity index (χ4v) is 3.22. The number of ether oxygens (including phenoxy) is 1. The maximum atomic E-state index is 12.3. The Labute approximate surface area is 184 Å². The van der Waals surface area contributed by atoms with E-state index in [1.807, 2.05) is 26.0 Å². The van der Waals surface area contributed by atoms with Gasteiger partial charge in [0.2, 0.25) is 5.91 Å². The number of anilines is 1. The zero-order valence-electron chi connectivity index (χ0n) is 17.1. The lowest BCUT2D eigenvalue weighted by molar-refractivity contribution is -0.151. The summed E-state index contributed by atoms with van der Waals surface area (Å²) in [5.74, 6) is -2.82. The minimum Gasteiger partial charge on any atom is -0.455 e. The third kappa shape index (κ3) is 5.61. The van der Waals surface area contributed by atoms with Crippen LogP contribution in [0.2, 0.25) is 5.02 Å². The number of halogens is 1. The molecule has 0 spiro atoms. The number of nitrogens with zero attached hydrogens (tertiary/aromatic N) is 1. The number of rotatable bonds is 6. The number of aryl methyl sites for hydroxylation is 1. The molecule has 1 heterocycles. The Hall–Kier alpha value is -3.39. The number of amides is 3. The van der Waals surface area contributed by atoms with Crippen LogP contribution in [0.3, 0.4) is 0 Å². The number of hydrogen-bond acceptors (Lipinski definition) is 5. The summed E-state index contributed by atoms with van der Waals surface area (Å²) in [7, 11) is 0. The summed E-state index contributed by atoms with van der Waals surface area (Å²) in [6.07, 6.45) is -0.113. The van der Waals surface area contributed by atoms with Gasteiger partial charge in [0.1, 0.15) is 0 Å². The molecule has 2 aromatic carbocycles. The van der Waals surface area contributed by atoms with Crippen molar-refractivity contribution in [3.63, 3.8) is 0 Å². The van der Waals surface area contributed by atoms with Gasteiger partial charge in [-0.05, 0) is 55.3 Å². The molecule has 0 saturated carbocycles. The van der Waals surface area contributed by atoms with Crippen molar-refractivity contribution in [2.45, 2.75) is 20.3 Å². The molecule has 1 aliphatic heterocycles. The average Bonchev–Trinajstić information content (AvgIpc) is 3.10. The normalized spacial score (nSPS) is 15.5. The largest absolute Gasteiger partial charge is 0.455 e. The number of nitrogens with one attached hydrogen (secondary N) is 2. The second-order valence-corrected chi connectivity index (χ2v) is 7.69. The van der Waals surface area contributed by atoms with E-state index in [4.69, 9.17) is 16.3 Å². The van der Waals surface area contributed by atoms with E-state index < -0.39 is 36.2 Å². The molecule has 0 aromatic heterocycles. The van der Waals surface area contributed by atoms with Crippen LogP contribution in [0.5, 0.6) is 0 Å². The third-order valence-electron chi connectivity index (χ3n) is 5.03.